The van der Waals surface area contributed by atoms with Gasteiger partial charge in [0.25, 0.3) is 0 Å². The molecule has 0 saturated carbocycles. The molecule has 3 heterocycles. The molecule has 1 atom stereocenters. The van der Waals surface area contributed by atoms with Gasteiger partial charge in [0.05, 0.1) is 19.1 Å². The normalized spacial score (nSPS) is 15.0. The summed E-state index contributed by atoms with van der Waals surface area (Å²) in [6.45, 7) is 0.232. The molecule has 0 fully saturated rings. The van der Waals surface area contributed by atoms with Crippen LogP contribution in [0.1, 0.15) is 16.0 Å². The Morgan fingerprint density at radius 1 is 1.26 bits per heavy atom. The highest BCUT2D eigenvalue weighted by molar-refractivity contribution is 7.10. The zero-order valence-electron chi connectivity index (χ0n) is 14.3. The maximum Gasteiger partial charge on any atom is 0.244 e. The Bertz CT molecular complexity index is 913. The zero-order chi connectivity index (χ0) is 18.7. The second-order valence-corrected chi connectivity index (χ2v) is 6.96. The van der Waals surface area contributed by atoms with Crippen LogP contribution in [0.5, 0.6) is 11.5 Å². The van der Waals surface area contributed by atoms with Gasteiger partial charge in [-0.2, -0.15) is 0 Å². The van der Waals surface area contributed by atoms with E-state index in [1.807, 2.05) is 23.6 Å². The van der Waals surface area contributed by atoms with Gasteiger partial charge in [0.15, 0.2) is 11.5 Å². The third-order valence-electron chi connectivity index (χ3n) is 4.27. The van der Waals surface area contributed by atoms with Crippen molar-refractivity contribution in [3.8, 4) is 11.5 Å². The topological polar surface area (TPSA) is 80.9 Å². The lowest BCUT2D eigenvalue weighted by molar-refractivity contribution is -0.117. The molecule has 138 valence electrons. The number of carbonyl (C=O) groups excluding carboxylic acids is 1. The molecule has 1 amide bonds. The molecule has 4 rings (SSSR count). The lowest BCUT2D eigenvalue weighted by Crippen LogP contribution is -2.40. The van der Waals surface area contributed by atoms with Gasteiger partial charge in [-0.15, -0.1) is 11.3 Å². The minimum atomic E-state index is -1.34. The summed E-state index contributed by atoms with van der Waals surface area (Å²) in [6.07, 6.45) is 6.07. The molecular formula is C20H17NO5S. The van der Waals surface area contributed by atoms with Crippen molar-refractivity contribution in [2.75, 3.05) is 13.3 Å². The molecule has 0 saturated heterocycles. The van der Waals surface area contributed by atoms with E-state index in [2.05, 4.69) is 5.32 Å². The number of rotatable bonds is 6. The van der Waals surface area contributed by atoms with Gasteiger partial charge >= 0.3 is 0 Å². The number of aliphatic hydroxyl groups is 1. The number of carbonyl (C=O) groups is 1. The van der Waals surface area contributed by atoms with Crippen LogP contribution in [0.15, 0.2) is 64.8 Å². The molecule has 2 aromatic heterocycles. The first kappa shape index (κ1) is 17.4. The van der Waals surface area contributed by atoms with Crippen LogP contribution in [-0.4, -0.2) is 24.4 Å². The molecule has 3 aromatic rings. The zero-order valence-corrected chi connectivity index (χ0v) is 15.1. The highest BCUT2D eigenvalue weighted by Crippen LogP contribution is 2.33. The van der Waals surface area contributed by atoms with Crippen LogP contribution >= 0.6 is 11.3 Å². The first-order chi connectivity index (χ1) is 13.1. The van der Waals surface area contributed by atoms with Crippen LogP contribution in [0.2, 0.25) is 0 Å². The molecule has 2 N–H and O–H groups in total. The predicted octanol–water partition coefficient (Wildman–Crippen LogP) is 3.14. The van der Waals surface area contributed by atoms with Crippen LogP contribution in [0, 0.1) is 0 Å². The summed E-state index contributed by atoms with van der Waals surface area (Å²) in [5.74, 6) is 1.04. The Balaban J connectivity index is 1.44. The summed E-state index contributed by atoms with van der Waals surface area (Å²) in [6, 6.07) is 10.8. The molecule has 0 spiro atoms. The first-order valence-corrected chi connectivity index (χ1v) is 9.18. The van der Waals surface area contributed by atoms with Crippen molar-refractivity contribution in [2.45, 2.75) is 5.60 Å². The van der Waals surface area contributed by atoms with Gasteiger partial charge in [-0.1, -0.05) is 12.1 Å². The molecule has 0 aliphatic carbocycles. The molecule has 0 radical (unpaired) electrons. The van der Waals surface area contributed by atoms with Crippen molar-refractivity contribution in [3.63, 3.8) is 0 Å². The minimum Gasteiger partial charge on any atom is -0.472 e. The fourth-order valence-corrected chi connectivity index (χ4v) is 3.65. The van der Waals surface area contributed by atoms with Crippen LogP contribution in [0.25, 0.3) is 6.08 Å². The number of ether oxygens (including phenoxy) is 2. The fourth-order valence-electron chi connectivity index (χ4n) is 2.81. The van der Waals surface area contributed by atoms with Crippen molar-refractivity contribution >= 4 is 23.3 Å². The minimum absolute atomic E-state index is 0.0252. The largest absolute Gasteiger partial charge is 0.472 e. The smallest absolute Gasteiger partial charge is 0.244 e. The number of hydrogen-bond donors (Lipinski definition) is 2. The molecule has 27 heavy (non-hydrogen) atoms. The number of thiophene rings is 1. The summed E-state index contributed by atoms with van der Waals surface area (Å²) in [4.78, 5) is 13.0. The highest BCUT2D eigenvalue weighted by atomic mass is 32.1. The summed E-state index contributed by atoms with van der Waals surface area (Å²) in [7, 11) is 0. The molecule has 1 aromatic carbocycles. The first-order valence-electron chi connectivity index (χ1n) is 8.30. The Labute approximate surface area is 159 Å². The molecular weight excluding hydrogens is 366 g/mol. The van der Waals surface area contributed by atoms with Crippen LogP contribution in [-0.2, 0) is 10.4 Å². The SMILES string of the molecule is O=C(C=Cc1ccc2c(c1)OCO2)NCC(O)(c1ccoc1)c1cccs1. The third-order valence-corrected chi connectivity index (χ3v) is 5.29. The van der Waals surface area contributed by atoms with E-state index in [1.165, 1.54) is 29.9 Å². The van der Waals surface area contributed by atoms with Crippen molar-refractivity contribution in [1.29, 1.82) is 0 Å². The van der Waals surface area contributed by atoms with Crippen LogP contribution < -0.4 is 14.8 Å². The fraction of sp³-hybridized carbons (Fsp3) is 0.150. The van der Waals surface area contributed by atoms with Gasteiger partial charge in [-0.25, -0.2) is 0 Å². The van der Waals surface area contributed by atoms with Gasteiger partial charge in [0.1, 0.15) is 5.60 Å². The van der Waals surface area contributed by atoms with Gasteiger partial charge in [-0.05, 0) is 41.3 Å². The average Bonchev–Trinajstić information content (AvgIpc) is 3.45. The molecule has 1 unspecified atom stereocenters. The Hall–Kier alpha value is -3.03. The number of furan rings is 1. The van der Waals surface area contributed by atoms with Crippen molar-refractivity contribution in [2.24, 2.45) is 0 Å². The van der Waals surface area contributed by atoms with E-state index in [4.69, 9.17) is 13.9 Å². The van der Waals surface area contributed by atoms with Crippen molar-refractivity contribution < 1.29 is 23.8 Å². The van der Waals surface area contributed by atoms with Gasteiger partial charge in [0, 0.05) is 16.5 Å². The number of hydrogen-bond acceptors (Lipinski definition) is 6. The Morgan fingerprint density at radius 2 is 2.15 bits per heavy atom. The molecule has 7 heteroatoms. The van der Waals surface area contributed by atoms with E-state index < -0.39 is 5.60 Å². The second kappa shape index (κ2) is 7.30. The van der Waals surface area contributed by atoms with E-state index >= 15 is 0 Å². The molecule has 1 aliphatic rings. The Morgan fingerprint density at radius 3 is 2.93 bits per heavy atom. The lowest BCUT2D eigenvalue weighted by atomic mass is 9.94. The third kappa shape index (κ3) is 3.60. The van der Waals surface area contributed by atoms with E-state index in [9.17, 15) is 9.90 Å². The number of benzene rings is 1. The predicted molar refractivity (Wildman–Crippen MR) is 101 cm³/mol. The van der Waals surface area contributed by atoms with E-state index in [0.717, 1.165) is 10.4 Å². The second-order valence-electron chi connectivity index (χ2n) is 6.01. The lowest BCUT2D eigenvalue weighted by Gasteiger charge is -2.26. The average molecular weight is 383 g/mol. The summed E-state index contributed by atoms with van der Waals surface area (Å²) in [5, 5.41) is 15.8. The highest BCUT2D eigenvalue weighted by Gasteiger charge is 2.34. The maximum atomic E-state index is 12.3. The van der Waals surface area contributed by atoms with Gasteiger partial charge < -0.3 is 24.3 Å². The Kier molecular flexibility index (Phi) is 4.70. The molecule has 6 nitrogen and oxygen atoms in total. The molecule has 0 bridgehead atoms. The number of nitrogens with one attached hydrogen (secondary N) is 1. The molecule has 1 aliphatic heterocycles. The standard InChI is InChI=1S/C20H17NO5S/c22-19(6-4-14-3-5-16-17(10-14)26-13-25-16)21-12-20(23,15-7-8-24-11-15)18-2-1-9-27-18/h1-11,23H,12-13H2,(H,21,22). The van der Waals surface area contributed by atoms with E-state index in [0.29, 0.717) is 17.1 Å². The number of amides is 1. The van der Waals surface area contributed by atoms with Gasteiger partial charge in [-0.3, -0.25) is 4.79 Å². The maximum absolute atomic E-state index is 12.3. The van der Waals surface area contributed by atoms with Crippen molar-refractivity contribution in [3.05, 3.63) is 76.4 Å². The van der Waals surface area contributed by atoms with Gasteiger partial charge in [0.2, 0.25) is 12.7 Å². The summed E-state index contributed by atoms with van der Waals surface area (Å²) >= 11 is 1.41. The van der Waals surface area contributed by atoms with E-state index in [-0.39, 0.29) is 19.2 Å². The van der Waals surface area contributed by atoms with Crippen molar-refractivity contribution in [1.82, 2.24) is 5.32 Å². The summed E-state index contributed by atoms with van der Waals surface area (Å²) in [5.41, 5.74) is 0.0615. The quantitative estimate of drug-likeness (QED) is 0.639. The monoisotopic (exact) mass is 383 g/mol. The number of fused-ring (bicyclic) bond motifs is 1. The van der Waals surface area contributed by atoms with E-state index in [1.54, 1.807) is 24.3 Å². The van der Waals surface area contributed by atoms with Crippen LogP contribution in [0.4, 0.5) is 0 Å². The van der Waals surface area contributed by atoms with Crippen LogP contribution in [0.3, 0.4) is 0 Å². The summed E-state index contributed by atoms with van der Waals surface area (Å²) < 4.78 is 15.7.